The van der Waals surface area contributed by atoms with Crippen LogP contribution >= 0.6 is 0 Å². The van der Waals surface area contributed by atoms with Gasteiger partial charge in [-0.25, -0.2) is 9.78 Å². The van der Waals surface area contributed by atoms with Crippen LogP contribution in [-0.2, 0) is 9.78 Å². The maximum Gasteiger partial charge on any atom is 0.0952 e. The first-order valence-corrected chi connectivity index (χ1v) is 3.95. The van der Waals surface area contributed by atoms with Gasteiger partial charge in [0.1, 0.15) is 0 Å². The lowest BCUT2D eigenvalue weighted by atomic mass is 10.2. The molecule has 3 heteroatoms. The molecule has 2 nitrogen and oxygen atoms in total. The third kappa shape index (κ3) is 16.4. The van der Waals surface area contributed by atoms with E-state index in [1.54, 1.807) is 0 Å². The van der Waals surface area contributed by atoms with E-state index in [1.807, 2.05) is 41.5 Å². The Kier molecular flexibility index (Phi) is 6.58. The molecule has 0 aliphatic carbocycles. The molecule has 0 amide bonds. The van der Waals surface area contributed by atoms with Gasteiger partial charge in [0.05, 0.1) is 18.4 Å². The van der Waals surface area contributed by atoms with Crippen molar-refractivity contribution in [3.8, 4) is 0 Å². The van der Waals surface area contributed by atoms with E-state index >= 15 is 0 Å². The fourth-order valence-electron chi connectivity index (χ4n) is 0.250. The maximum absolute atomic E-state index is 9.50. The lowest BCUT2D eigenvalue weighted by molar-refractivity contribution is -0.393. The van der Waals surface area contributed by atoms with Gasteiger partial charge in [-0.15, -0.1) is 0 Å². The molecule has 12 heavy (non-hydrogen) atoms. The molecule has 0 unspecified atom stereocenters. The van der Waals surface area contributed by atoms with Crippen molar-refractivity contribution < 1.29 is 14.2 Å². The fourth-order valence-corrected chi connectivity index (χ4v) is 0.250. The Morgan fingerprint density at radius 3 is 0.917 bits per heavy atom. The quantitative estimate of drug-likeness (QED) is 0.456. The Hall–Kier alpha value is -0.150. The van der Waals surface area contributed by atoms with Crippen molar-refractivity contribution in [2.75, 3.05) is 7.18 Å². The van der Waals surface area contributed by atoms with Gasteiger partial charge in [0.15, 0.2) is 0 Å². The first-order chi connectivity index (χ1) is 5.21. The lowest BCUT2D eigenvalue weighted by Crippen LogP contribution is -2.27. The van der Waals surface area contributed by atoms with Gasteiger partial charge in [0.25, 0.3) is 0 Å². The third-order valence-electron chi connectivity index (χ3n) is 0.542. The summed E-state index contributed by atoms with van der Waals surface area (Å²) in [6.45, 7) is 11.7. The van der Waals surface area contributed by atoms with Crippen LogP contribution in [0.15, 0.2) is 0 Å². The van der Waals surface area contributed by atoms with Crippen molar-refractivity contribution in [3.63, 3.8) is 0 Å². The van der Waals surface area contributed by atoms with Crippen molar-refractivity contribution in [1.82, 2.24) is 0 Å². The number of halogens is 1. The minimum atomic E-state index is -0.215. The lowest BCUT2D eigenvalue weighted by Gasteiger charge is -2.24. The first kappa shape index (κ1) is 14.4. The predicted octanol–water partition coefficient (Wildman–Crippen LogP) is 3.12. The molecule has 0 rings (SSSR count). The van der Waals surface area contributed by atoms with Crippen LogP contribution in [0.4, 0.5) is 4.39 Å². The minimum absolute atomic E-state index is 0.215. The topological polar surface area (TPSA) is 18.5 Å². The molecule has 0 N–H and O–H groups in total. The Bertz CT molecular complexity index is 86.1. The number of hydrogen-bond donors (Lipinski definition) is 0. The summed E-state index contributed by atoms with van der Waals surface area (Å²) in [7, 11) is 0.500. The highest BCUT2D eigenvalue weighted by Crippen LogP contribution is 2.14. The standard InChI is InChI=1S/C8H18O2.CH3F/c1-7(2,3)9-10-8(4,5)6;1-2/h1-6H3;1H3. The molecule has 0 aliphatic heterocycles. The molecule has 0 bridgehead atoms. The van der Waals surface area contributed by atoms with Gasteiger partial charge in [-0.2, -0.15) is 0 Å². The van der Waals surface area contributed by atoms with E-state index in [0.717, 1.165) is 0 Å². The van der Waals surface area contributed by atoms with Crippen LogP contribution in [0.2, 0.25) is 0 Å². The van der Waals surface area contributed by atoms with Crippen LogP contribution in [0.3, 0.4) is 0 Å². The van der Waals surface area contributed by atoms with Crippen LogP contribution in [0.25, 0.3) is 0 Å². The van der Waals surface area contributed by atoms with Crippen LogP contribution in [0.5, 0.6) is 0 Å². The molecule has 0 radical (unpaired) electrons. The number of hydrogen-bond acceptors (Lipinski definition) is 2. The molecule has 0 heterocycles. The average molecular weight is 180 g/mol. The summed E-state index contributed by atoms with van der Waals surface area (Å²) in [6, 6.07) is 0. The molecule has 0 atom stereocenters. The molecule has 0 spiro atoms. The van der Waals surface area contributed by atoms with Crippen LogP contribution in [0.1, 0.15) is 41.5 Å². The highest BCUT2D eigenvalue weighted by atomic mass is 19.1. The molecule has 0 aromatic rings. The summed E-state index contributed by atoms with van der Waals surface area (Å²) < 4.78 is 9.50. The van der Waals surface area contributed by atoms with Gasteiger partial charge < -0.3 is 0 Å². The monoisotopic (exact) mass is 180 g/mol. The van der Waals surface area contributed by atoms with Crippen LogP contribution in [-0.4, -0.2) is 18.4 Å². The van der Waals surface area contributed by atoms with Crippen LogP contribution in [0, 0.1) is 0 Å². The molecule has 0 saturated carbocycles. The summed E-state index contributed by atoms with van der Waals surface area (Å²) in [4.78, 5) is 10.2. The highest BCUT2D eigenvalue weighted by Gasteiger charge is 2.18. The minimum Gasteiger partial charge on any atom is -0.255 e. The smallest absolute Gasteiger partial charge is 0.0952 e. The summed E-state index contributed by atoms with van der Waals surface area (Å²) in [5.41, 5.74) is -0.430. The largest absolute Gasteiger partial charge is 0.255 e. The van der Waals surface area contributed by atoms with Crippen molar-refractivity contribution in [2.45, 2.75) is 52.7 Å². The van der Waals surface area contributed by atoms with E-state index in [2.05, 4.69) is 0 Å². The Morgan fingerprint density at radius 2 is 0.833 bits per heavy atom. The summed E-state index contributed by atoms with van der Waals surface area (Å²) in [6.07, 6.45) is 0. The van der Waals surface area contributed by atoms with Gasteiger partial charge >= 0.3 is 0 Å². The van der Waals surface area contributed by atoms with Crippen molar-refractivity contribution in [3.05, 3.63) is 0 Å². The second kappa shape index (κ2) is 5.49. The van der Waals surface area contributed by atoms with E-state index in [-0.39, 0.29) is 11.2 Å². The van der Waals surface area contributed by atoms with E-state index in [9.17, 15) is 4.39 Å². The van der Waals surface area contributed by atoms with Crippen molar-refractivity contribution in [1.29, 1.82) is 0 Å². The molecule has 0 aromatic heterocycles. The van der Waals surface area contributed by atoms with E-state index in [4.69, 9.17) is 9.78 Å². The van der Waals surface area contributed by atoms with Gasteiger partial charge in [0.2, 0.25) is 0 Å². The van der Waals surface area contributed by atoms with Crippen LogP contribution < -0.4 is 0 Å². The van der Waals surface area contributed by atoms with Gasteiger partial charge in [-0.05, 0) is 41.5 Å². The molecule has 0 aliphatic rings. The highest BCUT2D eigenvalue weighted by molar-refractivity contribution is 4.58. The van der Waals surface area contributed by atoms with Crippen molar-refractivity contribution in [2.24, 2.45) is 0 Å². The Morgan fingerprint density at radius 1 is 0.667 bits per heavy atom. The summed E-state index contributed by atoms with van der Waals surface area (Å²) in [5, 5.41) is 0. The number of alkyl halides is 1. The third-order valence-corrected chi connectivity index (χ3v) is 0.542. The van der Waals surface area contributed by atoms with Gasteiger partial charge in [-0.1, -0.05) is 0 Å². The second-order valence-electron chi connectivity index (χ2n) is 4.39. The van der Waals surface area contributed by atoms with E-state index in [1.165, 1.54) is 0 Å². The molecular weight excluding hydrogens is 159 g/mol. The molecular formula is C9H21FO2. The normalized spacial score (nSPS) is 12.0. The summed E-state index contributed by atoms with van der Waals surface area (Å²) in [5.74, 6) is 0. The zero-order valence-electron chi connectivity index (χ0n) is 9.19. The van der Waals surface area contributed by atoms with E-state index in [0.29, 0.717) is 7.18 Å². The van der Waals surface area contributed by atoms with Crippen molar-refractivity contribution >= 4 is 0 Å². The van der Waals surface area contributed by atoms with E-state index < -0.39 is 0 Å². The first-order valence-electron chi connectivity index (χ1n) is 3.95. The average Bonchev–Trinajstić information content (AvgIpc) is 1.86. The maximum atomic E-state index is 9.50. The van der Waals surface area contributed by atoms with Gasteiger partial charge in [-0.3, -0.25) is 4.39 Å². The fraction of sp³-hybridized carbons (Fsp3) is 1.00. The SMILES string of the molecule is CC(C)(C)OOC(C)(C)C.CF. The zero-order chi connectivity index (χ0) is 10.4. The Labute approximate surface area is 75.0 Å². The predicted molar refractivity (Wildman–Crippen MR) is 48.7 cm³/mol. The molecule has 0 saturated heterocycles. The zero-order valence-corrected chi connectivity index (χ0v) is 9.19. The molecule has 0 aromatic carbocycles. The number of rotatable bonds is 1. The second-order valence-corrected chi connectivity index (χ2v) is 4.39. The summed E-state index contributed by atoms with van der Waals surface area (Å²) >= 11 is 0. The Balaban J connectivity index is 0. The molecule has 76 valence electrons. The van der Waals surface area contributed by atoms with Gasteiger partial charge in [0, 0.05) is 0 Å². The molecule has 0 fully saturated rings.